The number of thiazole rings is 1. The van der Waals surface area contributed by atoms with E-state index >= 15 is 0 Å². The number of nitrogens with zero attached hydrogens (tertiary/aromatic N) is 1. The van der Waals surface area contributed by atoms with Gasteiger partial charge in [0.15, 0.2) is 16.2 Å². The molecule has 1 heterocycles. The Balaban J connectivity index is 1.70. The molecule has 1 atom stereocenters. The average Bonchev–Trinajstić information content (AvgIpc) is 2.95. The number of benzene rings is 2. The Morgan fingerprint density at radius 1 is 1.23 bits per heavy atom. The maximum Gasteiger partial charge on any atom is 0.327 e. The topological polar surface area (TPSA) is 108 Å². The highest BCUT2D eigenvalue weighted by atomic mass is 35.5. The number of carbonyl (C=O) groups is 2. The third kappa shape index (κ3) is 4.44. The molecule has 0 spiro atoms. The Morgan fingerprint density at radius 2 is 2.00 bits per heavy atom. The van der Waals surface area contributed by atoms with Crippen molar-refractivity contribution in [2.45, 2.75) is 5.75 Å². The number of carbonyl (C=O) groups excluding carboxylic acids is 2. The number of urea groups is 1. The summed E-state index contributed by atoms with van der Waals surface area (Å²) in [7, 11) is 0. The van der Waals surface area contributed by atoms with Crippen molar-refractivity contribution in [1.29, 1.82) is 0 Å². The zero-order valence-electron chi connectivity index (χ0n) is 13.1. The number of amides is 3. The first-order valence-corrected chi connectivity index (χ1v) is 9.73. The van der Waals surface area contributed by atoms with E-state index in [9.17, 15) is 13.8 Å². The fourth-order valence-electron chi connectivity index (χ4n) is 2.20. The van der Waals surface area contributed by atoms with Crippen molar-refractivity contribution >= 4 is 61.3 Å². The highest BCUT2D eigenvalue weighted by Crippen LogP contribution is 2.27. The van der Waals surface area contributed by atoms with E-state index in [1.165, 1.54) is 17.4 Å². The van der Waals surface area contributed by atoms with Crippen LogP contribution >= 0.6 is 22.9 Å². The lowest BCUT2D eigenvalue weighted by Crippen LogP contribution is -2.34. The van der Waals surface area contributed by atoms with Crippen LogP contribution in [-0.4, -0.2) is 25.7 Å². The SMILES string of the molecule is O=C(NC(=O)c1ccccc1Cl)Nc1nc2ccc(CS(=O)O)cc2s1. The van der Waals surface area contributed by atoms with E-state index in [0.29, 0.717) is 16.2 Å². The summed E-state index contributed by atoms with van der Waals surface area (Å²) in [5.74, 6) is -0.606. The molecule has 0 saturated heterocycles. The highest BCUT2D eigenvalue weighted by Gasteiger charge is 2.15. The van der Waals surface area contributed by atoms with Crippen LogP contribution < -0.4 is 10.6 Å². The Bertz CT molecular complexity index is 1020. The molecule has 1 unspecified atom stereocenters. The third-order valence-corrected chi connectivity index (χ3v) is 5.15. The van der Waals surface area contributed by atoms with Gasteiger partial charge in [-0.2, -0.15) is 0 Å². The number of anilines is 1. The number of rotatable bonds is 4. The summed E-state index contributed by atoms with van der Waals surface area (Å²) in [6, 6.07) is 10.8. The van der Waals surface area contributed by atoms with Crippen LogP contribution in [0.1, 0.15) is 15.9 Å². The Hall–Kier alpha value is -2.33. The summed E-state index contributed by atoms with van der Waals surface area (Å²) in [4.78, 5) is 28.3. The van der Waals surface area contributed by atoms with Crippen LogP contribution in [0.4, 0.5) is 9.93 Å². The van der Waals surface area contributed by atoms with E-state index in [-0.39, 0.29) is 16.3 Å². The molecule has 3 N–H and O–H groups in total. The van der Waals surface area contributed by atoms with E-state index in [1.807, 2.05) is 0 Å². The minimum absolute atomic E-state index is 0.0173. The smallest absolute Gasteiger partial charge is 0.306 e. The van der Waals surface area contributed by atoms with Gasteiger partial charge in [0, 0.05) is 0 Å². The zero-order chi connectivity index (χ0) is 18.7. The summed E-state index contributed by atoms with van der Waals surface area (Å²) < 4.78 is 20.6. The molecule has 134 valence electrons. The molecule has 3 amide bonds. The van der Waals surface area contributed by atoms with Crippen molar-refractivity contribution in [3.05, 3.63) is 58.6 Å². The molecular weight excluding hydrogens is 398 g/mol. The Kier molecular flexibility index (Phi) is 5.62. The van der Waals surface area contributed by atoms with Gasteiger partial charge < -0.3 is 4.55 Å². The Morgan fingerprint density at radius 3 is 2.73 bits per heavy atom. The minimum Gasteiger partial charge on any atom is -0.306 e. The first kappa shape index (κ1) is 18.5. The maximum absolute atomic E-state index is 12.1. The van der Waals surface area contributed by atoms with Crippen molar-refractivity contribution in [2.24, 2.45) is 0 Å². The lowest BCUT2D eigenvalue weighted by molar-refractivity contribution is 0.0967. The number of hydrogen-bond donors (Lipinski definition) is 3. The molecule has 0 radical (unpaired) electrons. The number of aromatic nitrogens is 1. The second kappa shape index (κ2) is 7.92. The molecule has 0 aliphatic rings. The van der Waals surface area contributed by atoms with Gasteiger partial charge in [-0.05, 0) is 29.8 Å². The first-order valence-electron chi connectivity index (χ1n) is 7.26. The van der Waals surface area contributed by atoms with E-state index in [4.69, 9.17) is 16.2 Å². The predicted molar refractivity (Wildman–Crippen MR) is 102 cm³/mol. The van der Waals surface area contributed by atoms with Crippen molar-refractivity contribution in [2.75, 3.05) is 5.32 Å². The molecule has 0 saturated carbocycles. The van der Waals surface area contributed by atoms with E-state index in [2.05, 4.69) is 15.6 Å². The van der Waals surface area contributed by atoms with Gasteiger partial charge in [-0.15, -0.1) is 0 Å². The van der Waals surface area contributed by atoms with Gasteiger partial charge in [0.1, 0.15) is 0 Å². The standard InChI is InChI=1S/C16H12ClN3O4S2/c17-11-4-2-1-3-10(11)14(21)19-15(22)20-16-18-12-6-5-9(8-26(23)24)7-13(12)25-16/h1-7H,8H2,(H,23,24)(H2,18,19,20,21,22). The third-order valence-electron chi connectivity index (χ3n) is 3.31. The van der Waals surface area contributed by atoms with Gasteiger partial charge in [0.25, 0.3) is 5.91 Å². The summed E-state index contributed by atoms with van der Waals surface area (Å²) in [6.07, 6.45) is 0. The fraction of sp³-hybridized carbons (Fsp3) is 0.0625. The van der Waals surface area contributed by atoms with E-state index in [1.54, 1.807) is 36.4 Å². The highest BCUT2D eigenvalue weighted by molar-refractivity contribution is 7.78. The first-order chi connectivity index (χ1) is 12.4. The molecular formula is C16H12ClN3O4S2. The molecule has 1 aromatic heterocycles. The van der Waals surface area contributed by atoms with Crippen molar-refractivity contribution in [1.82, 2.24) is 10.3 Å². The van der Waals surface area contributed by atoms with Crippen LogP contribution in [0.2, 0.25) is 5.02 Å². The molecule has 7 nitrogen and oxygen atoms in total. The van der Waals surface area contributed by atoms with Crippen LogP contribution in [0, 0.1) is 0 Å². The van der Waals surface area contributed by atoms with Crippen molar-refractivity contribution < 1.29 is 18.4 Å². The predicted octanol–water partition coefficient (Wildman–Crippen LogP) is 3.63. The summed E-state index contributed by atoms with van der Waals surface area (Å²) in [5, 5.41) is 5.22. The molecule has 3 rings (SSSR count). The van der Waals surface area contributed by atoms with Crippen molar-refractivity contribution in [3.63, 3.8) is 0 Å². The van der Waals surface area contributed by atoms with Crippen LogP contribution in [0.5, 0.6) is 0 Å². The molecule has 2 aromatic carbocycles. The molecule has 10 heteroatoms. The minimum atomic E-state index is -1.93. The summed E-state index contributed by atoms with van der Waals surface area (Å²) in [6.45, 7) is 0. The van der Waals surface area contributed by atoms with Crippen molar-refractivity contribution in [3.8, 4) is 0 Å². The molecule has 3 aromatic rings. The summed E-state index contributed by atoms with van der Waals surface area (Å²) >= 11 is 5.18. The van der Waals surface area contributed by atoms with Gasteiger partial charge in [0.05, 0.1) is 26.6 Å². The van der Waals surface area contributed by atoms with Gasteiger partial charge in [-0.1, -0.05) is 41.1 Å². The van der Waals surface area contributed by atoms with Crippen LogP contribution in [0.15, 0.2) is 42.5 Å². The lowest BCUT2D eigenvalue weighted by atomic mass is 10.2. The largest absolute Gasteiger partial charge is 0.327 e. The van der Waals surface area contributed by atoms with Crippen LogP contribution in [-0.2, 0) is 16.8 Å². The Labute approximate surface area is 159 Å². The van der Waals surface area contributed by atoms with E-state index in [0.717, 1.165) is 4.70 Å². The van der Waals surface area contributed by atoms with E-state index < -0.39 is 23.0 Å². The molecule has 26 heavy (non-hydrogen) atoms. The van der Waals surface area contributed by atoms with Gasteiger partial charge >= 0.3 is 6.03 Å². The molecule has 0 aliphatic heterocycles. The van der Waals surface area contributed by atoms with Crippen LogP contribution in [0.3, 0.4) is 0 Å². The summed E-state index contributed by atoms with van der Waals surface area (Å²) in [5.41, 5.74) is 1.51. The maximum atomic E-state index is 12.1. The van der Waals surface area contributed by atoms with Gasteiger partial charge in [-0.25, -0.2) is 14.0 Å². The quantitative estimate of drug-likeness (QED) is 0.570. The average molecular weight is 410 g/mol. The number of halogens is 1. The van der Waals surface area contributed by atoms with Gasteiger partial charge in [-0.3, -0.25) is 15.4 Å². The monoisotopic (exact) mass is 409 g/mol. The number of hydrogen-bond acceptors (Lipinski definition) is 5. The number of nitrogens with one attached hydrogen (secondary N) is 2. The second-order valence-electron chi connectivity index (χ2n) is 5.18. The number of fused-ring (bicyclic) bond motifs is 1. The van der Waals surface area contributed by atoms with Gasteiger partial charge in [0.2, 0.25) is 0 Å². The fourth-order valence-corrected chi connectivity index (χ4v) is 3.81. The molecule has 0 bridgehead atoms. The molecule has 0 fully saturated rings. The number of imide groups is 1. The molecule has 0 aliphatic carbocycles. The lowest BCUT2D eigenvalue weighted by Gasteiger charge is -2.05. The second-order valence-corrected chi connectivity index (χ2v) is 7.54. The normalized spacial score (nSPS) is 11.9. The zero-order valence-corrected chi connectivity index (χ0v) is 15.5. The van der Waals surface area contributed by atoms with Crippen LogP contribution in [0.25, 0.3) is 10.2 Å².